The van der Waals surface area contributed by atoms with Crippen molar-refractivity contribution >= 4 is 23.3 Å². The largest absolute Gasteiger partial charge is 0.409 e. The lowest BCUT2D eigenvalue weighted by Crippen LogP contribution is -2.55. The van der Waals surface area contributed by atoms with Crippen LogP contribution in [0, 0.1) is 0 Å². The Kier molecular flexibility index (Phi) is 3.95. The van der Waals surface area contributed by atoms with Gasteiger partial charge in [0.25, 0.3) is 5.91 Å². The smallest absolute Gasteiger partial charge is 0.252 e. The molecule has 0 aliphatic heterocycles. The summed E-state index contributed by atoms with van der Waals surface area (Å²) < 4.78 is 0. The van der Waals surface area contributed by atoms with Crippen molar-refractivity contribution in [1.82, 2.24) is 5.32 Å². The van der Waals surface area contributed by atoms with Gasteiger partial charge in [0.15, 0.2) is 5.84 Å². The van der Waals surface area contributed by atoms with Crippen molar-refractivity contribution in [2.24, 2.45) is 10.9 Å². The van der Waals surface area contributed by atoms with E-state index in [-0.39, 0.29) is 11.7 Å². The summed E-state index contributed by atoms with van der Waals surface area (Å²) >= 11 is 5.86. The van der Waals surface area contributed by atoms with Gasteiger partial charge in [-0.15, -0.1) is 0 Å². The summed E-state index contributed by atoms with van der Waals surface area (Å²) in [7, 11) is 0. The molecule has 1 aliphatic carbocycles. The third-order valence-electron chi connectivity index (χ3n) is 3.49. The number of amides is 1. The van der Waals surface area contributed by atoms with Crippen molar-refractivity contribution in [1.29, 1.82) is 0 Å². The standard InChI is InChI=1S/C13H16ClN3O2/c14-10-5-3-4-9(8-10)11(18)16-13(12(15)17-19)6-1-2-7-13/h3-5,8,19H,1-2,6-7H2,(H2,15,17)(H,16,18). The fourth-order valence-electron chi connectivity index (χ4n) is 2.44. The van der Waals surface area contributed by atoms with Gasteiger partial charge in [-0.25, -0.2) is 0 Å². The first-order chi connectivity index (χ1) is 9.07. The number of hydrogen-bond acceptors (Lipinski definition) is 3. The Labute approximate surface area is 116 Å². The summed E-state index contributed by atoms with van der Waals surface area (Å²) in [6.07, 6.45) is 3.22. The number of carbonyl (C=O) groups is 1. The second-order valence-electron chi connectivity index (χ2n) is 4.74. The number of amidine groups is 1. The molecule has 0 atom stereocenters. The van der Waals surface area contributed by atoms with Crippen LogP contribution in [0.3, 0.4) is 0 Å². The van der Waals surface area contributed by atoms with E-state index in [1.54, 1.807) is 24.3 Å². The average Bonchev–Trinajstić information content (AvgIpc) is 2.87. The molecule has 0 aromatic heterocycles. The van der Waals surface area contributed by atoms with E-state index >= 15 is 0 Å². The number of nitrogens with two attached hydrogens (primary N) is 1. The van der Waals surface area contributed by atoms with Crippen LogP contribution < -0.4 is 11.1 Å². The van der Waals surface area contributed by atoms with Gasteiger partial charge in [0.1, 0.15) is 5.54 Å². The number of hydrogen-bond donors (Lipinski definition) is 3. The van der Waals surface area contributed by atoms with E-state index in [0.717, 1.165) is 12.8 Å². The van der Waals surface area contributed by atoms with Gasteiger partial charge in [-0.3, -0.25) is 4.79 Å². The number of nitrogens with zero attached hydrogens (tertiary/aromatic N) is 1. The first-order valence-corrected chi connectivity index (χ1v) is 6.51. The van der Waals surface area contributed by atoms with Crippen LogP contribution in [0.25, 0.3) is 0 Å². The third-order valence-corrected chi connectivity index (χ3v) is 3.73. The molecule has 1 aliphatic rings. The number of nitrogens with one attached hydrogen (secondary N) is 1. The fraction of sp³-hybridized carbons (Fsp3) is 0.385. The zero-order chi connectivity index (χ0) is 13.9. The van der Waals surface area contributed by atoms with Gasteiger partial charge in [0.05, 0.1) is 0 Å². The molecule has 0 bridgehead atoms. The summed E-state index contributed by atoms with van der Waals surface area (Å²) in [4.78, 5) is 12.2. The van der Waals surface area contributed by atoms with Crippen LogP contribution in [0.2, 0.25) is 5.02 Å². The number of halogens is 1. The Bertz CT molecular complexity index is 510. The molecule has 1 saturated carbocycles. The van der Waals surface area contributed by atoms with Crippen LogP contribution >= 0.6 is 11.6 Å². The summed E-state index contributed by atoms with van der Waals surface area (Å²) in [5.41, 5.74) is 5.45. The topological polar surface area (TPSA) is 87.7 Å². The lowest BCUT2D eigenvalue weighted by Gasteiger charge is -2.28. The first kappa shape index (κ1) is 13.7. The normalized spacial score (nSPS) is 18.3. The Morgan fingerprint density at radius 2 is 2.11 bits per heavy atom. The molecule has 6 heteroatoms. The Morgan fingerprint density at radius 3 is 2.68 bits per heavy atom. The molecule has 0 radical (unpaired) electrons. The van der Waals surface area contributed by atoms with Crippen LogP contribution in [-0.4, -0.2) is 22.5 Å². The van der Waals surface area contributed by atoms with Gasteiger partial charge in [-0.1, -0.05) is 35.7 Å². The molecule has 1 aromatic carbocycles. The third kappa shape index (κ3) is 2.81. The van der Waals surface area contributed by atoms with Gasteiger partial charge in [0.2, 0.25) is 0 Å². The second-order valence-corrected chi connectivity index (χ2v) is 5.18. The number of carbonyl (C=O) groups excluding carboxylic acids is 1. The van der Waals surface area contributed by atoms with E-state index in [9.17, 15) is 4.79 Å². The van der Waals surface area contributed by atoms with Crippen LogP contribution in [0.5, 0.6) is 0 Å². The maximum Gasteiger partial charge on any atom is 0.252 e. The highest BCUT2D eigenvalue weighted by Crippen LogP contribution is 2.30. The van der Waals surface area contributed by atoms with Gasteiger partial charge in [-0.05, 0) is 31.0 Å². The fourth-order valence-corrected chi connectivity index (χ4v) is 2.63. The van der Waals surface area contributed by atoms with Gasteiger partial charge in [0, 0.05) is 10.6 Å². The zero-order valence-corrected chi connectivity index (χ0v) is 11.2. The van der Waals surface area contributed by atoms with Crippen molar-refractivity contribution in [2.45, 2.75) is 31.2 Å². The molecule has 1 aromatic rings. The van der Waals surface area contributed by atoms with E-state index in [0.29, 0.717) is 23.4 Å². The molecule has 0 spiro atoms. The highest BCUT2D eigenvalue weighted by molar-refractivity contribution is 6.31. The van der Waals surface area contributed by atoms with Crippen LogP contribution in [0.4, 0.5) is 0 Å². The van der Waals surface area contributed by atoms with Crippen LogP contribution in [0.15, 0.2) is 29.4 Å². The SMILES string of the molecule is N/C(=N/O)C1(NC(=O)c2cccc(Cl)c2)CCCC1. The van der Waals surface area contributed by atoms with E-state index in [1.807, 2.05) is 0 Å². The molecule has 1 fully saturated rings. The molecule has 0 saturated heterocycles. The Hall–Kier alpha value is -1.75. The zero-order valence-electron chi connectivity index (χ0n) is 10.4. The molecule has 4 N–H and O–H groups in total. The molecule has 0 heterocycles. The summed E-state index contributed by atoms with van der Waals surface area (Å²) in [5, 5.41) is 15.3. The van der Waals surface area contributed by atoms with Crippen molar-refractivity contribution in [3.63, 3.8) is 0 Å². The molecule has 102 valence electrons. The van der Waals surface area contributed by atoms with Crippen molar-refractivity contribution < 1.29 is 10.0 Å². The molecule has 0 unspecified atom stereocenters. The summed E-state index contributed by atoms with van der Waals surface area (Å²) in [5.74, 6) is -0.212. The summed E-state index contributed by atoms with van der Waals surface area (Å²) in [6.45, 7) is 0. The van der Waals surface area contributed by atoms with E-state index < -0.39 is 5.54 Å². The Morgan fingerprint density at radius 1 is 1.42 bits per heavy atom. The molecule has 2 rings (SSSR count). The lowest BCUT2D eigenvalue weighted by molar-refractivity contribution is 0.0922. The predicted molar refractivity (Wildman–Crippen MR) is 73.5 cm³/mol. The number of rotatable bonds is 3. The molecular weight excluding hydrogens is 266 g/mol. The van der Waals surface area contributed by atoms with E-state index in [4.69, 9.17) is 22.5 Å². The van der Waals surface area contributed by atoms with Gasteiger partial charge in [-0.2, -0.15) is 0 Å². The first-order valence-electron chi connectivity index (χ1n) is 6.13. The lowest BCUT2D eigenvalue weighted by atomic mass is 9.95. The van der Waals surface area contributed by atoms with Crippen molar-refractivity contribution in [3.8, 4) is 0 Å². The highest BCUT2D eigenvalue weighted by atomic mass is 35.5. The highest BCUT2D eigenvalue weighted by Gasteiger charge is 2.39. The molecule has 5 nitrogen and oxygen atoms in total. The van der Waals surface area contributed by atoms with Crippen LogP contribution in [0.1, 0.15) is 36.0 Å². The van der Waals surface area contributed by atoms with Crippen LogP contribution in [-0.2, 0) is 0 Å². The quantitative estimate of drug-likeness (QED) is 0.343. The monoisotopic (exact) mass is 281 g/mol. The minimum Gasteiger partial charge on any atom is -0.409 e. The van der Waals surface area contributed by atoms with Crippen molar-refractivity contribution in [3.05, 3.63) is 34.9 Å². The second kappa shape index (κ2) is 5.48. The minimum absolute atomic E-state index is 0.0559. The minimum atomic E-state index is -0.742. The van der Waals surface area contributed by atoms with E-state index in [2.05, 4.69) is 10.5 Å². The number of oxime groups is 1. The maximum atomic E-state index is 12.2. The van der Waals surface area contributed by atoms with Gasteiger partial charge >= 0.3 is 0 Å². The molecule has 19 heavy (non-hydrogen) atoms. The maximum absolute atomic E-state index is 12.2. The molecule has 1 amide bonds. The summed E-state index contributed by atoms with van der Waals surface area (Å²) in [6, 6.07) is 6.68. The van der Waals surface area contributed by atoms with Crippen molar-refractivity contribution in [2.75, 3.05) is 0 Å². The number of benzene rings is 1. The predicted octanol–water partition coefficient (Wildman–Crippen LogP) is 2.13. The van der Waals surface area contributed by atoms with Gasteiger partial charge < -0.3 is 16.3 Å². The van der Waals surface area contributed by atoms with E-state index in [1.165, 1.54) is 0 Å². The molecular formula is C13H16ClN3O2. The Balaban J connectivity index is 2.21. The average molecular weight is 282 g/mol.